The molecule has 2 unspecified atom stereocenters. The highest BCUT2D eigenvalue weighted by atomic mass is 32.2. The highest BCUT2D eigenvalue weighted by molar-refractivity contribution is 7.87. The van der Waals surface area contributed by atoms with Gasteiger partial charge in [0.25, 0.3) is 5.91 Å². The van der Waals surface area contributed by atoms with Crippen molar-refractivity contribution in [2.75, 3.05) is 13.1 Å². The Kier molecular flexibility index (Phi) is 5.86. The minimum atomic E-state index is -1.52. The van der Waals surface area contributed by atoms with Gasteiger partial charge in [0.1, 0.15) is 4.75 Å². The number of amides is 1. The molecule has 154 valence electrons. The second kappa shape index (κ2) is 8.38. The van der Waals surface area contributed by atoms with E-state index in [4.69, 9.17) is 0 Å². The van der Waals surface area contributed by atoms with E-state index >= 15 is 0 Å². The molecular formula is C23H28N2O3S. The highest BCUT2D eigenvalue weighted by Crippen LogP contribution is 2.53. The van der Waals surface area contributed by atoms with Gasteiger partial charge in [-0.05, 0) is 80.3 Å². The van der Waals surface area contributed by atoms with E-state index in [0.717, 1.165) is 44.3 Å². The number of hydrogen-bond donors (Lipinski definition) is 3. The fraction of sp³-hybridized carbons (Fsp3) is 0.435. The van der Waals surface area contributed by atoms with Crippen LogP contribution in [0, 0.1) is 5.41 Å². The van der Waals surface area contributed by atoms with Crippen LogP contribution in [0.15, 0.2) is 59.5 Å². The molecule has 2 atom stereocenters. The van der Waals surface area contributed by atoms with Crippen molar-refractivity contribution in [2.45, 2.75) is 48.2 Å². The predicted molar refractivity (Wildman–Crippen MR) is 113 cm³/mol. The van der Waals surface area contributed by atoms with Gasteiger partial charge in [-0.3, -0.25) is 14.2 Å². The Hall–Kier alpha value is -2.02. The quantitative estimate of drug-likeness (QED) is 0.521. The van der Waals surface area contributed by atoms with E-state index in [0.29, 0.717) is 17.7 Å². The number of rotatable bonds is 5. The van der Waals surface area contributed by atoms with Gasteiger partial charge in [0, 0.05) is 4.90 Å². The molecule has 1 saturated carbocycles. The number of hydrogen-bond acceptors (Lipinski definition) is 4. The molecule has 2 fully saturated rings. The van der Waals surface area contributed by atoms with Crippen LogP contribution in [-0.2, 0) is 22.0 Å². The molecule has 0 aromatic heterocycles. The topological polar surface area (TPSA) is 78.4 Å². The third-order valence-corrected chi connectivity index (χ3v) is 8.59. The lowest BCUT2D eigenvalue weighted by molar-refractivity contribution is -0.132. The van der Waals surface area contributed by atoms with Crippen LogP contribution < -0.4 is 10.8 Å². The summed E-state index contributed by atoms with van der Waals surface area (Å²) in [6, 6.07) is 17.9. The minimum Gasteiger partial charge on any atom is -0.317 e. The molecule has 0 bridgehead atoms. The summed E-state index contributed by atoms with van der Waals surface area (Å²) in [6.07, 6.45) is 4.76. The summed E-state index contributed by atoms with van der Waals surface area (Å²) in [5.41, 5.74) is 4.22. The number of hydroxylamine groups is 1. The molecule has 1 aliphatic carbocycles. The van der Waals surface area contributed by atoms with Gasteiger partial charge in [0.05, 0.1) is 10.8 Å². The maximum absolute atomic E-state index is 13.6. The Bertz CT molecular complexity index is 879. The Labute approximate surface area is 174 Å². The molecule has 1 saturated heterocycles. The first-order valence-corrected chi connectivity index (χ1v) is 11.4. The van der Waals surface area contributed by atoms with Crippen molar-refractivity contribution in [2.24, 2.45) is 5.41 Å². The summed E-state index contributed by atoms with van der Waals surface area (Å²) in [7, 11) is -1.52. The standard InChI is InChI=1S/C23H28N2O3S/c26-21(25-27)23(11-10-22(17-23)12-14-24-15-13-22)29(28)20-8-6-19(7-9-20)16-18-4-2-1-3-5-18/h1-9,24,27H,10-17H2,(H,25,26). The average molecular weight is 413 g/mol. The third-order valence-electron chi connectivity index (χ3n) is 6.64. The molecule has 1 heterocycles. The summed E-state index contributed by atoms with van der Waals surface area (Å²) >= 11 is 0. The lowest BCUT2D eigenvalue weighted by Crippen LogP contribution is -2.48. The maximum Gasteiger partial charge on any atom is 0.262 e. The molecule has 2 aliphatic rings. The Morgan fingerprint density at radius 3 is 2.28 bits per heavy atom. The van der Waals surface area contributed by atoms with Crippen molar-refractivity contribution in [3.63, 3.8) is 0 Å². The van der Waals surface area contributed by atoms with Crippen molar-refractivity contribution in [3.05, 3.63) is 65.7 Å². The van der Waals surface area contributed by atoms with Crippen molar-refractivity contribution >= 4 is 16.7 Å². The van der Waals surface area contributed by atoms with Crippen LogP contribution in [0.5, 0.6) is 0 Å². The summed E-state index contributed by atoms with van der Waals surface area (Å²) in [4.78, 5) is 13.4. The molecule has 1 amide bonds. The smallest absolute Gasteiger partial charge is 0.262 e. The first-order valence-electron chi connectivity index (χ1n) is 10.3. The number of benzene rings is 2. The lowest BCUT2D eigenvalue weighted by atomic mass is 9.77. The number of carbonyl (C=O) groups is 1. The van der Waals surface area contributed by atoms with Gasteiger partial charge in [-0.2, -0.15) is 0 Å². The molecule has 1 spiro atoms. The fourth-order valence-electron chi connectivity index (χ4n) is 4.96. The first kappa shape index (κ1) is 20.3. The van der Waals surface area contributed by atoms with Crippen molar-refractivity contribution in [3.8, 4) is 0 Å². The van der Waals surface area contributed by atoms with Gasteiger partial charge in [-0.1, -0.05) is 42.5 Å². The monoisotopic (exact) mass is 412 g/mol. The van der Waals surface area contributed by atoms with Gasteiger partial charge >= 0.3 is 0 Å². The molecule has 4 rings (SSSR count). The highest BCUT2D eigenvalue weighted by Gasteiger charge is 2.56. The van der Waals surface area contributed by atoms with Crippen LogP contribution in [0.4, 0.5) is 0 Å². The predicted octanol–water partition coefficient (Wildman–Crippen LogP) is 3.18. The van der Waals surface area contributed by atoms with Crippen molar-refractivity contribution in [1.82, 2.24) is 10.8 Å². The molecular weight excluding hydrogens is 384 g/mol. The largest absolute Gasteiger partial charge is 0.317 e. The van der Waals surface area contributed by atoms with Crippen LogP contribution in [0.1, 0.15) is 43.2 Å². The van der Waals surface area contributed by atoms with E-state index in [-0.39, 0.29) is 5.41 Å². The van der Waals surface area contributed by atoms with E-state index in [1.54, 1.807) is 0 Å². The molecule has 2 aromatic rings. The van der Waals surface area contributed by atoms with E-state index in [1.807, 2.05) is 47.9 Å². The van der Waals surface area contributed by atoms with Crippen molar-refractivity contribution in [1.29, 1.82) is 0 Å². The molecule has 29 heavy (non-hydrogen) atoms. The van der Waals surface area contributed by atoms with Crippen LogP contribution in [0.3, 0.4) is 0 Å². The Morgan fingerprint density at radius 1 is 0.966 bits per heavy atom. The zero-order chi connectivity index (χ0) is 20.3. The maximum atomic E-state index is 13.6. The van der Waals surface area contributed by atoms with Gasteiger partial charge < -0.3 is 5.32 Å². The number of carbonyl (C=O) groups excluding carboxylic acids is 1. The van der Waals surface area contributed by atoms with Gasteiger partial charge in [0.2, 0.25) is 0 Å². The lowest BCUT2D eigenvalue weighted by Gasteiger charge is -2.36. The second-order valence-electron chi connectivity index (χ2n) is 8.44. The minimum absolute atomic E-state index is 0.0423. The number of nitrogens with one attached hydrogen (secondary N) is 2. The second-order valence-corrected chi connectivity index (χ2v) is 10.2. The summed E-state index contributed by atoms with van der Waals surface area (Å²) < 4.78 is 12.5. The zero-order valence-corrected chi connectivity index (χ0v) is 17.3. The molecule has 1 aliphatic heterocycles. The van der Waals surface area contributed by atoms with E-state index in [1.165, 1.54) is 5.56 Å². The fourth-order valence-corrected chi connectivity index (χ4v) is 6.73. The van der Waals surface area contributed by atoms with Crippen molar-refractivity contribution < 1.29 is 14.2 Å². The summed E-state index contributed by atoms with van der Waals surface area (Å²) in [5.74, 6) is -0.514. The zero-order valence-electron chi connectivity index (χ0n) is 16.5. The van der Waals surface area contributed by atoms with Crippen LogP contribution in [-0.4, -0.2) is 33.2 Å². The molecule has 2 aromatic carbocycles. The SMILES string of the molecule is O=C(NO)C1(S(=O)c2ccc(Cc3ccccc3)cc2)CCC2(CCNCC2)C1. The van der Waals surface area contributed by atoms with Crippen LogP contribution in [0.2, 0.25) is 0 Å². The van der Waals surface area contributed by atoms with Crippen LogP contribution >= 0.6 is 0 Å². The average Bonchev–Trinajstić information content (AvgIpc) is 3.14. The normalized spacial score (nSPS) is 24.3. The Morgan fingerprint density at radius 2 is 1.62 bits per heavy atom. The van der Waals surface area contributed by atoms with Gasteiger partial charge in [0.15, 0.2) is 0 Å². The molecule has 0 radical (unpaired) electrons. The third kappa shape index (κ3) is 4.02. The Balaban J connectivity index is 1.56. The van der Waals surface area contributed by atoms with Gasteiger partial charge in [-0.25, -0.2) is 5.48 Å². The van der Waals surface area contributed by atoms with E-state index < -0.39 is 21.5 Å². The molecule has 5 nitrogen and oxygen atoms in total. The van der Waals surface area contributed by atoms with Crippen LogP contribution in [0.25, 0.3) is 0 Å². The summed E-state index contributed by atoms with van der Waals surface area (Å²) in [6.45, 7) is 1.86. The van der Waals surface area contributed by atoms with E-state index in [9.17, 15) is 14.2 Å². The van der Waals surface area contributed by atoms with E-state index in [2.05, 4.69) is 17.4 Å². The number of piperidine rings is 1. The summed E-state index contributed by atoms with van der Waals surface area (Å²) in [5, 5.41) is 12.8. The van der Waals surface area contributed by atoms with Gasteiger partial charge in [-0.15, -0.1) is 0 Å². The molecule has 6 heteroatoms. The molecule has 3 N–H and O–H groups in total. The first-order chi connectivity index (χ1) is 14.1.